The van der Waals surface area contributed by atoms with Gasteiger partial charge in [0.05, 0.1) is 11.1 Å². The van der Waals surface area contributed by atoms with Gasteiger partial charge in [-0.25, -0.2) is 4.79 Å². The molecule has 5 heteroatoms. The lowest BCUT2D eigenvalue weighted by Gasteiger charge is -2.12. The van der Waals surface area contributed by atoms with Crippen molar-refractivity contribution in [2.75, 3.05) is 0 Å². The minimum atomic E-state index is -0.956. The van der Waals surface area contributed by atoms with E-state index in [-0.39, 0.29) is 16.9 Å². The number of carbonyl (C=O) groups is 1. The Morgan fingerprint density at radius 3 is 2.38 bits per heavy atom. The number of rotatable bonds is 4. The highest BCUT2D eigenvalue weighted by molar-refractivity contribution is 5.87. The third-order valence-corrected chi connectivity index (χ3v) is 3.55. The van der Waals surface area contributed by atoms with Crippen LogP contribution in [0, 0.1) is 13.8 Å². The lowest BCUT2D eigenvalue weighted by atomic mass is 10.1. The van der Waals surface area contributed by atoms with Crippen LogP contribution in [0.5, 0.6) is 5.75 Å². The van der Waals surface area contributed by atoms with Gasteiger partial charge >= 0.3 is 5.97 Å². The molecule has 0 bridgehead atoms. The highest BCUT2D eigenvalue weighted by atomic mass is 16.4. The Kier molecular flexibility index (Phi) is 4.12. The molecule has 21 heavy (non-hydrogen) atoms. The number of aromatic nitrogens is 1. The largest absolute Gasteiger partial charge is 0.507 e. The van der Waals surface area contributed by atoms with Crippen molar-refractivity contribution in [3.8, 4) is 5.75 Å². The number of carboxylic acids is 1. The highest BCUT2D eigenvalue weighted by Crippen LogP contribution is 2.14. The van der Waals surface area contributed by atoms with Gasteiger partial charge in [0.2, 0.25) is 0 Å². The molecule has 1 aromatic carbocycles. The highest BCUT2D eigenvalue weighted by Gasteiger charge is 2.09. The normalized spacial score (nSPS) is 10.6. The number of aromatic hydroxyl groups is 1. The van der Waals surface area contributed by atoms with Gasteiger partial charge in [-0.15, -0.1) is 0 Å². The molecule has 2 rings (SSSR count). The Bertz CT molecular complexity index is 729. The number of carboxylic acid groups (broad SMARTS) is 1. The minimum absolute atomic E-state index is 0.0135. The molecule has 110 valence electrons. The summed E-state index contributed by atoms with van der Waals surface area (Å²) in [5.41, 5.74) is 2.03. The second kappa shape index (κ2) is 5.83. The first-order chi connectivity index (χ1) is 9.90. The summed E-state index contributed by atoms with van der Waals surface area (Å²) in [5, 5.41) is 18.4. The molecule has 0 saturated carbocycles. The van der Waals surface area contributed by atoms with Gasteiger partial charge < -0.3 is 14.8 Å². The van der Waals surface area contributed by atoms with Gasteiger partial charge in [-0.3, -0.25) is 4.79 Å². The molecule has 0 atom stereocenters. The number of benzene rings is 1. The van der Waals surface area contributed by atoms with Crippen molar-refractivity contribution < 1.29 is 15.0 Å². The minimum Gasteiger partial charge on any atom is -0.507 e. The van der Waals surface area contributed by atoms with Gasteiger partial charge in [-0.05, 0) is 44.0 Å². The van der Waals surface area contributed by atoms with E-state index in [9.17, 15) is 14.7 Å². The smallest absolute Gasteiger partial charge is 0.335 e. The number of nitrogens with zero attached hydrogens (tertiary/aromatic N) is 1. The van der Waals surface area contributed by atoms with E-state index < -0.39 is 5.97 Å². The fourth-order valence-corrected chi connectivity index (χ4v) is 2.19. The molecule has 0 amide bonds. The van der Waals surface area contributed by atoms with Crippen molar-refractivity contribution >= 4 is 5.97 Å². The van der Waals surface area contributed by atoms with E-state index in [1.807, 2.05) is 0 Å². The predicted octanol–water partition coefficient (Wildman–Crippen LogP) is 2.11. The standard InChI is InChI=1S/C16H17NO4/c1-10-9-14(18)11(2)15(19)17(10)8-7-12-3-5-13(6-4-12)16(20)21/h3-6,9,18H,7-8H2,1-2H3,(H,20,21). The molecule has 0 aliphatic heterocycles. The maximum atomic E-state index is 12.1. The van der Waals surface area contributed by atoms with E-state index in [1.54, 1.807) is 48.7 Å². The number of hydrogen-bond donors (Lipinski definition) is 2. The van der Waals surface area contributed by atoms with Crippen LogP contribution >= 0.6 is 0 Å². The van der Waals surface area contributed by atoms with Gasteiger partial charge in [-0.1, -0.05) is 12.1 Å². The summed E-state index contributed by atoms with van der Waals surface area (Å²) in [6.07, 6.45) is 0.616. The second-order valence-electron chi connectivity index (χ2n) is 5.00. The molecule has 0 aliphatic rings. The van der Waals surface area contributed by atoms with Gasteiger partial charge in [0, 0.05) is 12.2 Å². The summed E-state index contributed by atoms with van der Waals surface area (Å²) in [4.78, 5) is 22.9. The first-order valence-electron chi connectivity index (χ1n) is 6.62. The molecule has 5 nitrogen and oxygen atoms in total. The quantitative estimate of drug-likeness (QED) is 0.902. The number of aryl methyl sites for hydroxylation is 2. The average molecular weight is 287 g/mol. The fraction of sp³-hybridized carbons (Fsp3) is 0.250. The van der Waals surface area contributed by atoms with Crippen LogP contribution in [0.1, 0.15) is 27.2 Å². The Morgan fingerprint density at radius 1 is 1.19 bits per heavy atom. The summed E-state index contributed by atoms with van der Waals surface area (Å²) in [6.45, 7) is 3.85. The van der Waals surface area contributed by atoms with Crippen LogP contribution in [-0.4, -0.2) is 20.7 Å². The van der Waals surface area contributed by atoms with Crippen LogP contribution in [0.3, 0.4) is 0 Å². The van der Waals surface area contributed by atoms with Crippen LogP contribution in [0.15, 0.2) is 35.1 Å². The van der Waals surface area contributed by atoms with Crippen molar-refractivity contribution in [1.82, 2.24) is 4.57 Å². The molecule has 0 radical (unpaired) electrons. The van der Waals surface area contributed by atoms with E-state index >= 15 is 0 Å². The first-order valence-corrected chi connectivity index (χ1v) is 6.62. The zero-order valence-electron chi connectivity index (χ0n) is 12.0. The van der Waals surface area contributed by atoms with Gasteiger partial charge in [0.1, 0.15) is 5.75 Å². The van der Waals surface area contributed by atoms with Crippen LogP contribution < -0.4 is 5.56 Å². The van der Waals surface area contributed by atoms with Crippen molar-refractivity contribution in [3.05, 3.63) is 63.1 Å². The van der Waals surface area contributed by atoms with Crippen molar-refractivity contribution in [2.24, 2.45) is 0 Å². The summed E-state index contributed by atoms with van der Waals surface area (Å²) < 4.78 is 1.61. The van der Waals surface area contributed by atoms with Crippen LogP contribution in [0.4, 0.5) is 0 Å². The van der Waals surface area contributed by atoms with Gasteiger partial charge in [0.25, 0.3) is 5.56 Å². The topological polar surface area (TPSA) is 79.5 Å². The average Bonchev–Trinajstić information content (AvgIpc) is 2.45. The Hall–Kier alpha value is -2.56. The van der Waals surface area contributed by atoms with E-state index in [0.29, 0.717) is 24.2 Å². The zero-order chi connectivity index (χ0) is 15.6. The first kappa shape index (κ1) is 14.8. The molecular weight excluding hydrogens is 270 g/mol. The molecular formula is C16H17NO4. The maximum Gasteiger partial charge on any atom is 0.335 e. The lowest BCUT2D eigenvalue weighted by molar-refractivity contribution is 0.0697. The Balaban J connectivity index is 2.19. The summed E-state index contributed by atoms with van der Waals surface area (Å²) in [5.74, 6) is -0.942. The van der Waals surface area contributed by atoms with Gasteiger partial charge in [-0.2, -0.15) is 0 Å². The Morgan fingerprint density at radius 2 is 1.81 bits per heavy atom. The molecule has 0 spiro atoms. The van der Waals surface area contributed by atoms with E-state index in [2.05, 4.69) is 0 Å². The van der Waals surface area contributed by atoms with Gasteiger partial charge in [0.15, 0.2) is 0 Å². The monoisotopic (exact) mass is 287 g/mol. The molecule has 1 aromatic heterocycles. The molecule has 0 saturated heterocycles. The molecule has 2 aromatic rings. The molecule has 1 heterocycles. The summed E-state index contributed by atoms with van der Waals surface area (Å²) in [6, 6.07) is 8.17. The van der Waals surface area contributed by atoms with Crippen LogP contribution in [-0.2, 0) is 13.0 Å². The van der Waals surface area contributed by atoms with Crippen molar-refractivity contribution in [2.45, 2.75) is 26.8 Å². The van der Waals surface area contributed by atoms with Crippen LogP contribution in [0.25, 0.3) is 0 Å². The summed E-state index contributed by atoms with van der Waals surface area (Å²) >= 11 is 0. The molecule has 0 unspecified atom stereocenters. The Labute approximate surface area is 122 Å². The number of pyridine rings is 1. The van der Waals surface area contributed by atoms with E-state index in [1.165, 1.54) is 0 Å². The molecule has 0 fully saturated rings. The van der Waals surface area contributed by atoms with Crippen molar-refractivity contribution in [3.63, 3.8) is 0 Å². The lowest BCUT2D eigenvalue weighted by Crippen LogP contribution is -2.25. The third-order valence-electron chi connectivity index (χ3n) is 3.55. The number of hydrogen-bond acceptors (Lipinski definition) is 3. The van der Waals surface area contributed by atoms with Crippen LogP contribution in [0.2, 0.25) is 0 Å². The number of aromatic carboxylic acids is 1. The van der Waals surface area contributed by atoms with E-state index in [4.69, 9.17) is 5.11 Å². The predicted molar refractivity (Wildman–Crippen MR) is 78.9 cm³/mol. The fourth-order valence-electron chi connectivity index (χ4n) is 2.19. The zero-order valence-corrected chi connectivity index (χ0v) is 12.0. The summed E-state index contributed by atoms with van der Waals surface area (Å²) in [7, 11) is 0. The molecule has 0 aliphatic carbocycles. The second-order valence-corrected chi connectivity index (χ2v) is 5.00. The molecule has 2 N–H and O–H groups in total. The third kappa shape index (κ3) is 3.13. The SMILES string of the molecule is Cc1c(O)cc(C)n(CCc2ccc(C(=O)O)cc2)c1=O. The van der Waals surface area contributed by atoms with Crippen molar-refractivity contribution in [1.29, 1.82) is 0 Å². The maximum absolute atomic E-state index is 12.1. The van der Waals surface area contributed by atoms with E-state index in [0.717, 1.165) is 5.56 Å².